The summed E-state index contributed by atoms with van der Waals surface area (Å²) in [5.41, 5.74) is 5.95. The van der Waals surface area contributed by atoms with Crippen molar-refractivity contribution in [3.05, 3.63) is 0 Å². The molecule has 0 amide bonds. The van der Waals surface area contributed by atoms with E-state index in [9.17, 15) is 0 Å². The topological polar surface area (TPSA) is 53.7 Å². The Balaban J connectivity index is 1.67. The zero-order valence-corrected chi connectivity index (χ0v) is 9.19. The van der Waals surface area contributed by atoms with Crippen LogP contribution >= 0.6 is 0 Å². The summed E-state index contributed by atoms with van der Waals surface area (Å²) in [7, 11) is 0. The van der Waals surface area contributed by atoms with Crippen LogP contribution in [-0.4, -0.2) is 44.7 Å². The van der Waals surface area contributed by atoms with Crippen LogP contribution in [0.3, 0.4) is 0 Å². The van der Waals surface area contributed by atoms with Crippen LogP contribution in [0.2, 0.25) is 0 Å². The third-order valence-electron chi connectivity index (χ3n) is 3.13. The highest BCUT2D eigenvalue weighted by Crippen LogP contribution is 2.15. The molecule has 88 valence electrons. The van der Waals surface area contributed by atoms with Gasteiger partial charge in [0.05, 0.1) is 25.4 Å². The van der Waals surface area contributed by atoms with Crippen LogP contribution in [0.4, 0.5) is 0 Å². The molecule has 2 aliphatic heterocycles. The lowest BCUT2D eigenvalue weighted by Crippen LogP contribution is -2.45. The maximum Gasteiger partial charge on any atom is 0.0960 e. The SMILES string of the molecule is N[C@@H]1CCOC[C@H]1OC[C@@H]1CCCCO1. The second-order valence-electron chi connectivity index (χ2n) is 4.39. The summed E-state index contributed by atoms with van der Waals surface area (Å²) in [5.74, 6) is 0. The quantitative estimate of drug-likeness (QED) is 0.752. The van der Waals surface area contributed by atoms with Crippen molar-refractivity contribution < 1.29 is 14.2 Å². The normalized spacial score (nSPS) is 37.8. The largest absolute Gasteiger partial charge is 0.379 e. The average Bonchev–Trinajstić information content (AvgIpc) is 2.29. The van der Waals surface area contributed by atoms with Crippen LogP contribution in [0.15, 0.2) is 0 Å². The molecule has 0 aromatic carbocycles. The first kappa shape index (κ1) is 11.3. The maximum atomic E-state index is 5.95. The van der Waals surface area contributed by atoms with Crippen molar-refractivity contribution in [1.29, 1.82) is 0 Å². The number of ether oxygens (including phenoxy) is 3. The molecule has 0 spiro atoms. The molecule has 0 aromatic heterocycles. The van der Waals surface area contributed by atoms with Crippen molar-refractivity contribution in [3.8, 4) is 0 Å². The van der Waals surface area contributed by atoms with Gasteiger partial charge >= 0.3 is 0 Å². The maximum absolute atomic E-state index is 5.95. The molecule has 2 N–H and O–H groups in total. The van der Waals surface area contributed by atoms with Gasteiger partial charge in [-0.05, 0) is 25.7 Å². The highest BCUT2D eigenvalue weighted by atomic mass is 16.6. The summed E-state index contributed by atoms with van der Waals surface area (Å²) in [4.78, 5) is 0. The molecule has 0 bridgehead atoms. The number of hydrogen-bond acceptors (Lipinski definition) is 4. The lowest BCUT2D eigenvalue weighted by atomic mass is 10.1. The van der Waals surface area contributed by atoms with Gasteiger partial charge in [-0.2, -0.15) is 0 Å². The highest BCUT2D eigenvalue weighted by molar-refractivity contribution is 4.77. The molecule has 3 atom stereocenters. The van der Waals surface area contributed by atoms with Gasteiger partial charge in [-0.1, -0.05) is 0 Å². The molecule has 0 radical (unpaired) electrons. The Hall–Kier alpha value is -0.160. The molecule has 2 rings (SSSR count). The predicted molar refractivity (Wildman–Crippen MR) is 56.7 cm³/mol. The standard InChI is InChI=1S/C11H21NO3/c12-10-4-6-13-8-11(10)15-7-9-3-1-2-5-14-9/h9-11H,1-8,12H2/t9-,10+,11+/m0/s1. The summed E-state index contributed by atoms with van der Waals surface area (Å²) in [6.45, 7) is 2.94. The van der Waals surface area contributed by atoms with Gasteiger partial charge in [-0.3, -0.25) is 0 Å². The molecule has 4 heteroatoms. The lowest BCUT2D eigenvalue weighted by Gasteiger charge is -2.31. The van der Waals surface area contributed by atoms with Gasteiger partial charge in [-0.15, -0.1) is 0 Å². The predicted octanol–water partition coefficient (Wildman–Crippen LogP) is 0.688. The highest BCUT2D eigenvalue weighted by Gasteiger charge is 2.24. The lowest BCUT2D eigenvalue weighted by molar-refractivity contribution is -0.104. The monoisotopic (exact) mass is 215 g/mol. The molecule has 0 saturated carbocycles. The van der Waals surface area contributed by atoms with Gasteiger partial charge in [0, 0.05) is 19.3 Å². The van der Waals surface area contributed by atoms with E-state index in [1.54, 1.807) is 0 Å². The molecule has 0 unspecified atom stereocenters. The Morgan fingerprint density at radius 2 is 2.13 bits per heavy atom. The summed E-state index contributed by atoms with van der Waals surface area (Å²) in [5, 5.41) is 0. The fourth-order valence-electron chi connectivity index (χ4n) is 2.07. The Labute approximate surface area is 91.1 Å². The van der Waals surface area contributed by atoms with Crippen molar-refractivity contribution in [2.24, 2.45) is 5.73 Å². The summed E-state index contributed by atoms with van der Waals surface area (Å²) in [6.07, 6.45) is 4.78. The van der Waals surface area contributed by atoms with E-state index in [2.05, 4.69) is 0 Å². The van der Waals surface area contributed by atoms with Crippen molar-refractivity contribution in [2.45, 2.75) is 43.9 Å². The van der Waals surface area contributed by atoms with Gasteiger partial charge in [0.1, 0.15) is 0 Å². The summed E-state index contributed by atoms with van der Waals surface area (Å²) < 4.78 is 16.7. The molecule has 2 fully saturated rings. The zero-order chi connectivity index (χ0) is 10.5. The van der Waals surface area contributed by atoms with Gasteiger partial charge in [0.2, 0.25) is 0 Å². The number of rotatable bonds is 3. The summed E-state index contributed by atoms with van der Waals surface area (Å²) >= 11 is 0. The molecule has 4 nitrogen and oxygen atoms in total. The van der Waals surface area contributed by atoms with Crippen molar-refractivity contribution in [2.75, 3.05) is 26.4 Å². The Morgan fingerprint density at radius 3 is 2.87 bits per heavy atom. The third-order valence-corrected chi connectivity index (χ3v) is 3.13. The van der Waals surface area contributed by atoms with E-state index < -0.39 is 0 Å². The van der Waals surface area contributed by atoms with Gasteiger partial charge in [0.15, 0.2) is 0 Å². The minimum atomic E-state index is 0.0595. The smallest absolute Gasteiger partial charge is 0.0960 e. The second-order valence-corrected chi connectivity index (χ2v) is 4.39. The first-order valence-corrected chi connectivity index (χ1v) is 5.93. The van der Waals surface area contributed by atoms with Crippen LogP contribution in [-0.2, 0) is 14.2 Å². The average molecular weight is 215 g/mol. The molecule has 15 heavy (non-hydrogen) atoms. The molecule has 2 heterocycles. The van der Waals surface area contributed by atoms with E-state index in [1.165, 1.54) is 12.8 Å². The van der Waals surface area contributed by atoms with E-state index in [0.717, 1.165) is 26.1 Å². The third kappa shape index (κ3) is 3.41. The molecular formula is C11H21NO3. The summed E-state index contributed by atoms with van der Waals surface area (Å²) in [6, 6.07) is 0.127. The molecule has 2 aliphatic rings. The first-order chi connectivity index (χ1) is 7.36. The molecule has 0 aliphatic carbocycles. The Kier molecular flexibility index (Phi) is 4.38. The van der Waals surface area contributed by atoms with Crippen LogP contribution in [0.25, 0.3) is 0 Å². The molecule has 0 aromatic rings. The number of hydrogen-bond donors (Lipinski definition) is 1. The van der Waals surface area contributed by atoms with Crippen molar-refractivity contribution >= 4 is 0 Å². The minimum absolute atomic E-state index is 0.0595. The fourth-order valence-corrected chi connectivity index (χ4v) is 2.07. The van der Waals surface area contributed by atoms with Crippen molar-refractivity contribution in [3.63, 3.8) is 0 Å². The van der Waals surface area contributed by atoms with Crippen LogP contribution < -0.4 is 5.73 Å². The zero-order valence-electron chi connectivity index (χ0n) is 9.19. The van der Waals surface area contributed by atoms with E-state index in [4.69, 9.17) is 19.9 Å². The van der Waals surface area contributed by atoms with Crippen LogP contribution in [0.5, 0.6) is 0 Å². The van der Waals surface area contributed by atoms with E-state index in [0.29, 0.717) is 13.2 Å². The number of nitrogens with two attached hydrogens (primary N) is 1. The van der Waals surface area contributed by atoms with Gasteiger partial charge in [-0.25, -0.2) is 0 Å². The van der Waals surface area contributed by atoms with Gasteiger partial charge in [0.25, 0.3) is 0 Å². The van der Waals surface area contributed by atoms with E-state index in [-0.39, 0.29) is 18.2 Å². The molecular weight excluding hydrogens is 194 g/mol. The van der Waals surface area contributed by atoms with E-state index in [1.807, 2.05) is 0 Å². The molecule has 2 saturated heterocycles. The minimum Gasteiger partial charge on any atom is -0.379 e. The van der Waals surface area contributed by atoms with Crippen LogP contribution in [0, 0.1) is 0 Å². The van der Waals surface area contributed by atoms with Crippen molar-refractivity contribution in [1.82, 2.24) is 0 Å². The Bertz CT molecular complexity index is 183. The van der Waals surface area contributed by atoms with Crippen LogP contribution in [0.1, 0.15) is 25.7 Å². The Morgan fingerprint density at radius 1 is 1.20 bits per heavy atom. The van der Waals surface area contributed by atoms with E-state index >= 15 is 0 Å². The van der Waals surface area contributed by atoms with Gasteiger partial charge < -0.3 is 19.9 Å². The first-order valence-electron chi connectivity index (χ1n) is 5.93. The second kappa shape index (κ2) is 5.80. The fraction of sp³-hybridized carbons (Fsp3) is 1.00.